The molecule has 19 heavy (non-hydrogen) atoms. The molecule has 1 aliphatic rings. The Bertz CT molecular complexity index is 469. The first-order valence-electron chi connectivity index (χ1n) is 6.76. The van der Waals surface area contributed by atoms with E-state index in [1.807, 2.05) is 6.92 Å². The van der Waals surface area contributed by atoms with Crippen molar-refractivity contribution in [3.63, 3.8) is 0 Å². The van der Waals surface area contributed by atoms with Crippen molar-refractivity contribution in [3.05, 3.63) is 34.6 Å². The van der Waals surface area contributed by atoms with Crippen molar-refractivity contribution in [3.8, 4) is 0 Å². The number of hydrogen-bond acceptors (Lipinski definition) is 2. The Morgan fingerprint density at radius 2 is 2.32 bits per heavy atom. The highest BCUT2D eigenvalue weighted by Gasteiger charge is 2.37. The van der Waals surface area contributed by atoms with Crippen molar-refractivity contribution in [2.45, 2.75) is 32.6 Å². The number of rotatable bonds is 4. The van der Waals surface area contributed by atoms with Crippen molar-refractivity contribution in [2.75, 3.05) is 13.1 Å². The van der Waals surface area contributed by atoms with Gasteiger partial charge >= 0.3 is 0 Å². The fourth-order valence-electron chi connectivity index (χ4n) is 2.75. The third kappa shape index (κ3) is 2.98. The first-order valence-corrected chi connectivity index (χ1v) is 7.14. The van der Waals surface area contributed by atoms with Crippen LogP contribution < -0.4 is 5.32 Å². The molecule has 1 saturated heterocycles. The van der Waals surface area contributed by atoms with Crippen LogP contribution in [0.5, 0.6) is 0 Å². The lowest BCUT2D eigenvalue weighted by atomic mass is 9.73. The number of ketones is 1. The normalized spacial score (nSPS) is 23.3. The van der Waals surface area contributed by atoms with E-state index in [0.717, 1.165) is 25.8 Å². The second-order valence-corrected chi connectivity index (χ2v) is 5.63. The van der Waals surface area contributed by atoms with Crippen molar-refractivity contribution < 1.29 is 9.18 Å². The van der Waals surface area contributed by atoms with Gasteiger partial charge in [0.15, 0.2) is 0 Å². The largest absolute Gasteiger partial charge is 0.316 e. The molecule has 0 saturated carbocycles. The number of Topliss-reactive ketones (excluding diaryl/α,β-unsaturated/α-hetero) is 1. The Morgan fingerprint density at radius 3 is 2.95 bits per heavy atom. The van der Waals surface area contributed by atoms with Crippen LogP contribution in [0.4, 0.5) is 4.39 Å². The summed E-state index contributed by atoms with van der Waals surface area (Å²) in [6.45, 7) is 3.68. The van der Waals surface area contributed by atoms with Gasteiger partial charge in [-0.1, -0.05) is 30.7 Å². The van der Waals surface area contributed by atoms with E-state index in [4.69, 9.17) is 11.6 Å². The van der Waals surface area contributed by atoms with E-state index in [0.29, 0.717) is 12.1 Å². The van der Waals surface area contributed by atoms with E-state index in [1.54, 1.807) is 12.1 Å². The summed E-state index contributed by atoms with van der Waals surface area (Å²) >= 11 is 5.75. The maximum atomic E-state index is 13.9. The van der Waals surface area contributed by atoms with E-state index in [1.165, 1.54) is 6.07 Å². The standard InChI is InChI=1S/C15H19ClFNO/c1-2-15(7-4-8-18-10-15)13(19)9-11-5-3-6-12(16)14(11)17/h3,5-6,18H,2,4,7-10H2,1H3. The lowest BCUT2D eigenvalue weighted by Gasteiger charge is -2.35. The zero-order valence-electron chi connectivity index (χ0n) is 11.1. The quantitative estimate of drug-likeness (QED) is 0.918. The third-order valence-electron chi connectivity index (χ3n) is 4.12. The minimum atomic E-state index is -0.465. The predicted molar refractivity (Wildman–Crippen MR) is 74.9 cm³/mol. The van der Waals surface area contributed by atoms with E-state index in [-0.39, 0.29) is 22.6 Å². The van der Waals surface area contributed by atoms with Crippen LogP contribution in [-0.4, -0.2) is 18.9 Å². The maximum Gasteiger partial charge on any atom is 0.145 e. The van der Waals surface area contributed by atoms with Crippen LogP contribution in [0, 0.1) is 11.2 Å². The molecule has 1 N–H and O–H groups in total. The first kappa shape index (κ1) is 14.5. The molecule has 2 rings (SSSR count). The Hall–Kier alpha value is -0.930. The Labute approximate surface area is 118 Å². The highest BCUT2D eigenvalue weighted by Crippen LogP contribution is 2.33. The average Bonchev–Trinajstić information content (AvgIpc) is 2.44. The molecule has 2 nitrogen and oxygen atoms in total. The average molecular weight is 284 g/mol. The third-order valence-corrected chi connectivity index (χ3v) is 4.42. The number of carbonyl (C=O) groups is 1. The molecule has 1 fully saturated rings. The van der Waals surface area contributed by atoms with Crippen LogP contribution in [0.15, 0.2) is 18.2 Å². The number of carbonyl (C=O) groups excluding carboxylic acids is 1. The summed E-state index contributed by atoms with van der Waals surface area (Å²) in [4.78, 5) is 12.5. The summed E-state index contributed by atoms with van der Waals surface area (Å²) in [7, 11) is 0. The van der Waals surface area contributed by atoms with E-state index in [9.17, 15) is 9.18 Å². The van der Waals surface area contributed by atoms with Gasteiger partial charge in [0.2, 0.25) is 0 Å². The first-order chi connectivity index (χ1) is 9.09. The second kappa shape index (κ2) is 6.02. The molecule has 1 aromatic carbocycles. The van der Waals surface area contributed by atoms with Gasteiger partial charge < -0.3 is 5.32 Å². The molecule has 0 aliphatic carbocycles. The molecule has 1 heterocycles. The molecule has 1 aliphatic heterocycles. The molecule has 0 amide bonds. The molecule has 1 unspecified atom stereocenters. The zero-order chi connectivity index (χ0) is 13.9. The highest BCUT2D eigenvalue weighted by atomic mass is 35.5. The number of hydrogen-bond donors (Lipinski definition) is 1. The summed E-state index contributed by atoms with van der Waals surface area (Å²) in [5.41, 5.74) is 0.0587. The summed E-state index contributed by atoms with van der Waals surface area (Å²) in [5, 5.41) is 3.36. The van der Waals surface area contributed by atoms with Gasteiger partial charge in [-0.15, -0.1) is 0 Å². The van der Waals surface area contributed by atoms with Crippen molar-refractivity contribution in [1.29, 1.82) is 0 Å². The van der Waals surface area contributed by atoms with Crippen LogP contribution in [0.25, 0.3) is 0 Å². The van der Waals surface area contributed by atoms with Gasteiger partial charge in [-0.05, 0) is 37.4 Å². The molecule has 4 heteroatoms. The molecule has 1 aromatic rings. The monoisotopic (exact) mass is 283 g/mol. The van der Waals surface area contributed by atoms with Gasteiger partial charge in [0, 0.05) is 18.4 Å². The van der Waals surface area contributed by atoms with Crippen molar-refractivity contribution in [2.24, 2.45) is 5.41 Å². The van der Waals surface area contributed by atoms with Gasteiger partial charge in [-0.25, -0.2) is 4.39 Å². The molecule has 104 valence electrons. The number of benzene rings is 1. The fourth-order valence-corrected chi connectivity index (χ4v) is 2.94. The summed E-state index contributed by atoms with van der Waals surface area (Å²) in [6, 6.07) is 4.83. The van der Waals surface area contributed by atoms with Gasteiger partial charge in [-0.3, -0.25) is 4.79 Å². The van der Waals surface area contributed by atoms with Gasteiger partial charge in [0.25, 0.3) is 0 Å². The smallest absolute Gasteiger partial charge is 0.145 e. The van der Waals surface area contributed by atoms with Crippen molar-refractivity contribution >= 4 is 17.4 Å². The summed E-state index contributed by atoms with van der Waals surface area (Å²) in [6.07, 6.45) is 2.80. The zero-order valence-corrected chi connectivity index (χ0v) is 11.9. The maximum absolute atomic E-state index is 13.9. The van der Waals surface area contributed by atoms with E-state index < -0.39 is 5.82 Å². The Kier molecular flexibility index (Phi) is 4.58. The van der Waals surface area contributed by atoms with Crippen LogP contribution in [0.3, 0.4) is 0 Å². The molecular weight excluding hydrogens is 265 g/mol. The van der Waals surface area contributed by atoms with Gasteiger partial charge in [0.05, 0.1) is 5.02 Å². The molecule has 0 radical (unpaired) electrons. The fraction of sp³-hybridized carbons (Fsp3) is 0.533. The lowest BCUT2D eigenvalue weighted by Crippen LogP contribution is -2.45. The van der Waals surface area contributed by atoms with Crippen LogP contribution >= 0.6 is 11.6 Å². The minimum Gasteiger partial charge on any atom is -0.316 e. The predicted octanol–water partition coefficient (Wildman–Crippen LogP) is 3.37. The van der Waals surface area contributed by atoms with Crippen LogP contribution in [-0.2, 0) is 11.2 Å². The highest BCUT2D eigenvalue weighted by molar-refractivity contribution is 6.30. The number of nitrogens with one attached hydrogen (secondary N) is 1. The van der Waals surface area contributed by atoms with E-state index >= 15 is 0 Å². The summed E-state index contributed by atoms with van der Waals surface area (Å²) < 4.78 is 13.9. The van der Waals surface area contributed by atoms with Crippen LogP contribution in [0.1, 0.15) is 31.7 Å². The van der Waals surface area contributed by atoms with Crippen molar-refractivity contribution in [1.82, 2.24) is 5.32 Å². The molecule has 0 bridgehead atoms. The van der Waals surface area contributed by atoms with Gasteiger partial charge in [0.1, 0.15) is 11.6 Å². The topological polar surface area (TPSA) is 29.1 Å². The SMILES string of the molecule is CCC1(C(=O)Cc2cccc(Cl)c2F)CCCNC1. The number of halogens is 2. The Morgan fingerprint density at radius 1 is 1.53 bits per heavy atom. The summed E-state index contributed by atoms with van der Waals surface area (Å²) in [5.74, 6) is -0.351. The lowest BCUT2D eigenvalue weighted by molar-refractivity contribution is -0.129. The van der Waals surface area contributed by atoms with Crippen LogP contribution in [0.2, 0.25) is 5.02 Å². The minimum absolute atomic E-state index is 0.0811. The Balaban J connectivity index is 2.17. The number of piperidine rings is 1. The molecule has 1 atom stereocenters. The van der Waals surface area contributed by atoms with E-state index in [2.05, 4.69) is 5.32 Å². The molecular formula is C15H19ClFNO. The molecule has 0 aromatic heterocycles. The van der Waals surface area contributed by atoms with Gasteiger partial charge in [-0.2, -0.15) is 0 Å². The molecule has 0 spiro atoms. The second-order valence-electron chi connectivity index (χ2n) is 5.23.